The molecule has 1 heterocycles. The van der Waals surface area contributed by atoms with Gasteiger partial charge in [0, 0.05) is 17.5 Å². The van der Waals surface area contributed by atoms with E-state index in [1.807, 2.05) is 0 Å². The summed E-state index contributed by atoms with van der Waals surface area (Å²) < 4.78 is 53.9. The molecule has 1 aliphatic heterocycles. The maximum Gasteiger partial charge on any atom is 0.209 e. The van der Waals surface area contributed by atoms with Crippen LogP contribution >= 0.6 is 0 Å². The van der Waals surface area contributed by atoms with Crippen LogP contribution in [-0.4, -0.2) is 20.8 Å². The van der Waals surface area contributed by atoms with Gasteiger partial charge in [0.25, 0.3) is 0 Å². The standard InChI is InChI=1S/C11H13F2NO3S/c1-6-4-17-11-3-10(13)9(12)2-7(11)8(6)5-18(14,15)16/h2-3,6,8H,4-5H2,1H3,(H2,14,15,16). The lowest BCUT2D eigenvalue weighted by atomic mass is 9.86. The normalized spacial score (nSPS) is 23.3. The highest BCUT2D eigenvalue weighted by atomic mass is 32.2. The molecule has 0 spiro atoms. The second kappa shape index (κ2) is 4.47. The third kappa shape index (κ3) is 2.62. The van der Waals surface area contributed by atoms with Gasteiger partial charge in [0.05, 0.1) is 12.4 Å². The fourth-order valence-corrected chi connectivity index (χ4v) is 3.12. The number of ether oxygens (including phenoxy) is 1. The summed E-state index contributed by atoms with van der Waals surface area (Å²) in [6.45, 7) is 2.03. The van der Waals surface area contributed by atoms with Gasteiger partial charge in [-0.15, -0.1) is 0 Å². The summed E-state index contributed by atoms with van der Waals surface area (Å²) in [5.74, 6) is -2.79. The molecular weight excluding hydrogens is 264 g/mol. The van der Waals surface area contributed by atoms with Crippen LogP contribution < -0.4 is 9.88 Å². The monoisotopic (exact) mass is 277 g/mol. The van der Waals surface area contributed by atoms with Crippen molar-refractivity contribution in [3.63, 3.8) is 0 Å². The molecule has 0 fully saturated rings. The molecule has 7 heteroatoms. The third-order valence-electron chi connectivity index (χ3n) is 3.05. The topological polar surface area (TPSA) is 69.4 Å². The van der Waals surface area contributed by atoms with E-state index in [0.717, 1.165) is 12.1 Å². The number of primary sulfonamides is 1. The summed E-state index contributed by atoms with van der Waals surface area (Å²) in [6.07, 6.45) is 0. The summed E-state index contributed by atoms with van der Waals surface area (Å²) in [4.78, 5) is 0. The van der Waals surface area contributed by atoms with E-state index in [1.54, 1.807) is 6.92 Å². The van der Waals surface area contributed by atoms with Gasteiger partial charge in [-0.05, 0) is 12.0 Å². The smallest absolute Gasteiger partial charge is 0.209 e. The van der Waals surface area contributed by atoms with Crippen LogP contribution in [0.5, 0.6) is 5.75 Å². The molecule has 0 aliphatic carbocycles. The number of hydrogen-bond acceptors (Lipinski definition) is 3. The number of fused-ring (bicyclic) bond motifs is 1. The van der Waals surface area contributed by atoms with E-state index in [2.05, 4.69) is 0 Å². The lowest BCUT2D eigenvalue weighted by Crippen LogP contribution is -2.31. The van der Waals surface area contributed by atoms with Crippen molar-refractivity contribution in [2.24, 2.45) is 11.1 Å². The van der Waals surface area contributed by atoms with Crippen molar-refractivity contribution in [2.45, 2.75) is 12.8 Å². The second-order valence-electron chi connectivity index (χ2n) is 4.53. The number of sulfonamides is 1. The van der Waals surface area contributed by atoms with E-state index < -0.39 is 27.6 Å². The third-order valence-corrected chi connectivity index (χ3v) is 3.88. The Morgan fingerprint density at radius 3 is 2.61 bits per heavy atom. The maximum atomic E-state index is 13.2. The zero-order chi connectivity index (χ0) is 13.5. The maximum absolute atomic E-state index is 13.2. The Labute approximate surface area is 104 Å². The van der Waals surface area contributed by atoms with E-state index in [4.69, 9.17) is 9.88 Å². The Kier molecular flexibility index (Phi) is 3.29. The van der Waals surface area contributed by atoms with E-state index in [9.17, 15) is 17.2 Å². The highest BCUT2D eigenvalue weighted by molar-refractivity contribution is 7.89. The Bertz CT molecular complexity index is 574. The zero-order valence-electron chi connectivity index (χ0n) is 9.69. The van der Waals surface area contributed by atoms with Crippen LogP contribution in [0.2, 0.25) is 0 Å². The molecule has 4 nitrogen and oxygen atoms in total. The molecule has 18 heavy (non-hydrogen) atoms. The summed E-state index contributed by atoms with van der Waals surface area (Å²) >= 11 is 0. The molecule has 0 amide bonds. The molecule has 0 aromatic heterocycles. The number of benzene rings is 1. The van der Waals surface area contributed by atoms with Gasteiger partial charge in [-0.3, -0.25) is 0 Å². The number of nitrogens with two attached hydrogens (primary N) is 1. The van der Waals surface area contributed by atoms with Crippen LogP contribution in [0.4, 0.5) is 8.78 Å². The molecule has 0 saturated carbocycles. The average Bonchev–Trinajstić information content (AvgIpc) is 2.24. The van der Waals surface area contributed by atoms with Crippen LogP contribution in [0.1, 0.15) is 18.4 Å². The van der Waals surface area contributed by atoms with Crippen molar-refractivity contribution < 1.29 is 21.9 Å². The first-order valence-electron chi connectivity index (χ1n) is 5.40. The van der Waals surface area contributed by atoms with Crippen molar-refractivity contribution in [2.75, 3.05) is 12.4 Å². The Morgan fingerprint density at radius 2 is 2.00 bits per heavy atom. The summed E-state index contributed by atoms with van der Waals surface area (Å²) in [5, 5.41) is 5.02. The fraction of sp³-hybridized carbons (Fsp3) is 0.455. The lowest BCUT2D eigenvalue weighted by Gasteiger charge is -2.31. The van der Waals surface area contributed by atoms with Gasteiger partial charge in [0.1, 0.15) is 5.75 Å². The van der Waals surface area contributed by atoms with Gasteiger partial charge in [-0.25, -0.2) is 22.3 Å². The number of rotatable bonds is 2. The first kappa shape index (κ1) is 13.2. The van der Waals surface area contributed by atoms with Gasteiger partial charge >= 0.3 is 0 Å². The summed E-state index contributed by atoms with van der Waals surface area (Å²) in [7, 11) is -3.69. The second-order valence-corrected chi connectivity index (χ2v) is 6.19. The van der Waals surface area contributed by atoms with E-state index >= 15 is 0 Å². The number of hydrogen-bond donors (Lipinski definition) is 1. The van der Waals surface area contributed by atoms with Crippen LogP contribution in [0.15, 0.2) is 12.1 Å². The Morgan fingerprint density at radius 1 is 1.39 bits per heavy atom. The van der Waals surface area contributed by atoms with Gasteiger partial charge in [0.2, 0.25) is 10.0 Å². The molecule has 2 unspecified atom stereocenters. The highest BCUT2D eigenvalue weighted by Gasteiger charge is 2.32. The molecule has 1 aromatic rings. The molecule has 0 bridgehead atoms. The van der Waals surface area contributed by atoms with Crippen molar-refractivity contribution in [3.8, 4) is 5.75 Å². The van der Waals surface area contributed by atoms with Crippen molar-refractivity contribution in [1.29, 1.82) is 0 Å². The van der Waals surface area contributed by atoms with Crippen molar-refractivity contribution >= 4 is 10.0 Å². The van der Waals surface area contributed by atoms with Crippen LogP contribution in [0.25, 0.3) is 0 Å². The minimum absolute atomic E-state index is 0.138. The van der Waals surface area contributed by atoms with Gasteiger partial charge in [-0.2, -0.15) is 0 Å². The zero-order valence-corrected chi connectivity index (χ0v) is 10.5. The molecule has 2 atom stereocenters. The van der Waals surface area contributed by atoms with Crippen LogP contribution in [0.3, 0.4) is 0 Å². The largest absolute Gasteiger partial charge is 0.493 e. The molecule has 2 N–H and O–H groups in total. The lowest BCUT2D eigenvalue weighted by molar-refractivity contribution is 0.210. The molecule has 2 rings (SSSR count). The van der Waals surface area contributed by atoms with Crippen molar-refractivity contribution in [1.82, 2.24) is 0 Å². The Balaban J connectivity index is 2.47. The van der Waals surface area contributed by atoms with E-state index in [0.29, 0.717) is 5.56 Å². The van der Waals surface area contributed by atoms with Crippen molar-refractivity contribution in [3.05, 3.63) is 29.3 Å². The predicted octanol–water partition coefficient (Wildman–Crippen LogP) is 1.37. The van der Waals surface area contributed by atoms with Gasteiger partial charge < -0.3 is 4.74 Å². The molecule has 1 aromatic carbocycles. The minimum Gasteiger partial charge on any atom is -0.493 e. The highest BCUT2D eigenvalue weighted by Crippen LogP contribution is 2.38. The number of halogens is 2. The molecule has 0 saturated heterocycles. The van der Waals surface area contributed by atoms with E-state index in [-0.39, 0.29) is 24.0 Å². The van der Waals surface area contributed by atoms with Crippen LogP contribution in [0, 0.1) is 17.6 Å². The fourth-order valence-electron chi connectivity index (χ4n) is 2.11. The molecule has 0 radical (unpaired) electrons. The average molecular weight is 277 g/mol. The minimum atomic E-state index is -3.69. The quantitative estimate of drug-likeness (QED) is 0.887. The van der Waals surface area contributed by atoms with Crippen LogP contribution in [-0.2, 0) is 10.0 Å². The summed E-state index contributed by atoms with van der Waals surface area (Å²) in [5.41, 5.74) is 0.349. The SMILES string of the molecule is CC1COc2cc(F)c(F)cc2C1CS(N)(=O)=O. The molecule has 1 aliphatic rings. The Hall–Kier alpha value is -1.21. The predicted molar refractivity (Wildman–Crippen MR) is 61.7 cm³/mol. The first-order valence-corrected chi connectivity index (χ1v) is 7.11. The molecular formula is C11H13F2NO3S. The summed E-state index contributed by atoms with van der Waals surface area (Å²) in [6, 6.07) is 1.92. The molecule has 100 valence electrons. The van der Waals surface area contributed by atoms with Gasteiger partial charge in [0.15, 0.2) is 11.6 Å². The van der Waals surface area contributed by atoms with Gasteiger partial charge in [-0.1, -0.05) is 6.92 Å². The van der Waals surface area contributed by atoms with E-state index in [1.165, 1.54) is 0 Å². The first-order chi connectivity index (χ1) is 8.28.